The minimum Gasteiger partial charge on any atom is -0.508 e. The lowest BCUT2D eigenvalue weighted by atomic mass is 10.2. The van der Waals surface area contributed by atoms with Gasteiger partial charge in [-0.1, -0.05) is 23.9 Å². The molecule has 1 aromatic heterocycles. The average Bonchev–Trinajstić information content (AvgIpc) is 2.83. The molecule has 0 spiro atoms. The van der Waals surface area contributed by atoms with Crippen molar-refractivity contribution in [3.05, 3.63) is 64.8 Å². The first-order valence-corrected chi connectivity index (χ1v) is 8.06. The Bertz CT molecular complexity index is 853. The molecule has 2 aromatic rings. The van der Waals surface area contributed by atoms with Gasteiger partial charge in [0.05, 0.1) is 10.6 Å². The molecular formula is C16H11N3O3S2. The Morgan fingerprint density at radius 2 is 2.12 bits per heavy atom. The smallest absolute Gasteiger partial charge is 0.285 e. The van der Waals surface area contributed by atoms with E-state index in [9.17, 15) is 14.7 Å². The molecule has 1 saturated heterocycles. The van der Waals surface area contributed by atoms with Gasteiger partial charge in [-0.2, -0.15) is 5.01 Å². The van der Waals surface area contributed by atoms with Gasteiger partial charge in [-0.25, -0.2) is 0 Å². The summed E-state index contributed by atoms with van der Waals surface area (Å²) in [6.07, 6.45) is 3.23. The van der Waals surface area contributed by atoms with Crippen LogP contribution in [0.2, 0.25) is 0 Å². The van der Waals surface area contributed by atoms with E-state index >= 15 is 0 Å². The third kappa shape index (κ3) is 3.44. The first-order valence-electron chi connectivity index (χ1n) is 6.83. The van der Waals surface area contributed by atoms with Crippen LogP contribution in [0.3, 0.4) is 0 Å². The number of thiocarbonyl (C=S) groups is 1. The van der Waals surface area contributed by atoms with Gasteiger partial charge in [0.15, 0.2) is 4.32 Å². The van der Waals surface area contributed by atoms with Crippen molar-refractivity contribution in [2.24, 2.45) is 0 Å². The van der Waals surface area contributed by atoms with Gasteiger partial charge in [0.25, 0.3) is 11.8 Å². The summed E-state index contributed by atoms with van der Waals surface area (Å²) in [6, 6.07) is 11.2. The molecule has 1 aromatic carbocycles. The van der Waals surface area contributed by atoms with E-state index in [4.69, 9.17) is 12.2 Å². The Kier molecular flexibility index (Phi) is 4.59. The lowest BCUT2D eigenvalue weighted by Gasteiger charge is -2.15. The molecule has 0 atom stereocenters. The molecule has 1 fully saturated rings. The number of carbonyl (C=O) groups excluding carboxylic acids is 2. The van der Waals surface area contributed by atoms with Crippen LogP contribution >= 0.6 is 24.0 Å². The summed E-state index contributed by atoms with van der Waals surface area (Å²) >= 11 is 6.23. The van der Waals surface area contributed by atoms with Crippen LogP contribution in [0.4, 0.5) is 0 Å². The van der Waals surface area contributed by atoms with Crippen molar-refractivity contribution in [2.45, 2.75) is 0 Å². The summed E-state index contributed by atoms with van der Waals surface area (Å²) in [5.41, 5.74) is 3.29. The van der Waals surface area contributed by atoms with Gasteiger partial charge in [-0.05, 0) is 48.6 Å². The molecule has 2 N–H and O–H groups in total. The van der Waals surface area contributed by atoms with E-state index in [0.717, 1.165) is 16.8 Å². The highest BCUT2D eigenvalue weighted by Crippen LogP contribution is 2.31. The zero-order valence-electron chi connectivity index (χ0n) is 12.2. The van der Waals surface area contributed by atoms with E-state index in [1.165, 1.54) is 24.3 Å². The number of hydrogen-bond acceptors (Lipinski definition) is 6. The van der Waals surface area contributed by atoms with Crippen LogP contribution in [-0.4, -0.2) is 31.2 Å². The van der Waals surface area contributed by atoms with Crippen molar-refractivity contribution >= 4 is 46.2 Å². The number of aromatic nitrogens is 1. The Morgan fingerprint density at radius 3 is 2.83 bits per heavy atom. The summed E-state index contributed by atoms with van der Waals surface area (Å²) in [5, 5.41) is 10.4. The zero-order valence-corrected chi connectivity index (χ0v) is 13.8. The lowest BCUT2D eigenvalue weighted by Crippen LogP contribution is -2.44. The maximum Gasteiger partial charge on any atom is 0.285 e. The van der Waals surface area contributed by atoms with Crippen LogP contribution in [0.5, 0.6) is 5.75 Å². The number of amides is 2. The van der Waals surface area contributed by atoms with Crippen LogP contribution in [-0.2, 0) is 4.79 Å². The van der Waals surface area contributed by atoms with Gasteiger partial charge >= 0.3 is 0 Å². The maximum absolute atomic E-state index is 12.4. The van der Waals surface area contributed by atoms with Crippen molar-refractivity contribution in [2.75, 3.05) is 0 Å². The number of phenols is 1. The standard InChI is InChI=1S/C16H11N3O3S2/c20-12-6-3-4-10(8-12)14(21)18-19-15(22)13(24-16(19)23)9-11-5-1-2-7-17-11/h1-9,20H,(H,18,21). The number of nitrogens with one attached hydrogen (secondary N) is 1. The third-order valence-electron chi connectivity index (χ3n) is 3.08. The monoisotopic (exact) mass is 357 g/mol. The second-order valence-electron chi connectivity index (χ2n) is 4.76. The third-order valence-corrected chi connectivity index (χ3v) is 4.38. The fourth-order valence-corrected chi connectivity index (χ4v) is 3.14. The molecule has 6 nitrogen and oxygen atoms in total. The summed E-state index contributed by atoms with van der Waals surface area (Å²) in [6.45, 7) is 0. The van der Waals surface area contributed by atoms with Gasteiger partial charge in [-0.15, -0.1) is 0 Å². The highest BCUT2D eigenvalue weighted by Gasteiger charge is 2.33. The topological polar surface area (TPSA) is 82.5 Å². The first-order chi connectivity index (χ1) is 11.5. The Morgan fingerprint density at radius 1 is 1.29 bits per heavy atom. The molecule has 0 radical (unpaired) electrons. The number of hydrogen-bond donors (Lipinski definition) is 2. The molecule has 3 rings (SSSR count). The van der Waals surface area contributed by atoms with E-state index in [0.29, 0.717) is 10.6 Å². The molecule has 2 heterocycles. The molecule has 0 unspecified atom stereocenters. The highest BCUT2D eigenvalue weighted by molar-refractivity contribution is 8.26. The van der Waals surface area contributed by atoms with E-state index in [1.807, 2.05) is 6.07 Å². The molecule has 0 bridgehead atoms. The number of hydrazine groups is 1. The van der Waals surface area contributed by atoms with Crippen molar-refractivity contribution in [3.63, 3.8) is 0 Å². The second kappa shape index (κ2) is 6.81. The van der Waals surface area contributed by atoms with Gasteiger partial charge in [0, 0.05) is 11.8 Å². The molecular weight excluding hydrogens is 346 g/mol. The van der Waals surface area contributed by atoms with Crippen LogP contribution in [0.15, 0.2) is 53.6 Å². The van der Waals surface area contributed by atoms with Gasteiger partial charge in [0.2, 0.25) is 0 Å². The predicted octanol–water partition coefficient (Wildman–Crippen LogP) is 2.33. The Balaban J connectivity index is 1.77. The molecule has 8 heteroatoms. The van der Waals surface area contributed by atoms with E-state index in [-0.39, 0.29) is 15.6 Å². The normalized spacial score (nSPS) is 15.8. The van der Waals surface area contributed by atoms with Crippen LogP contribution in [0.25, 0.3) is 6.08 Å². The number of rotatable bonds is 3. The Hall–Kier alpha value is -2.71. The molecule has 0 saturated carbocycles. The average molecular weight is 357 g/mol. The SMILES string of the molecule is O=C(NN1C(=O)C(=Cc2ccccn2)SC1=S)c1cccc(O)c1. The number of carbonyl (C=O) groups is 2. The largest absolute Gasteiger partial charge is 0.508 e. The predicted molar refractivity (Wildman–Crippen MR) is 94.8 cm³/mol. The summed E-state index contributed by atoms with van der Waals surface area (Å²) in [4.78, 5) is 29.1. The van der Waals surface area contributed by atoms with E-state index < -0.39 is 11.8 Å². The van der Waals surface area contributed by atoms with Crippen molar-refractivity contribution in [1.82, 2.24) is 15.4 Å². The van der Waals surface area contributed by atoms with Crippen molar-refractivity contribution < 1.29 is 14.7 Å². The number of phenolic OH excluding ortho intramolecular Hbond substituents is 1. The quantitative estimate of drug-likeness (QED) is 0.648. The van der Waals surface area contributed by atoms with Crippen LogP contribution < -0.4 is 5.43 Å². The summed E-state index contributed by atoms with van der Waals surface area (Å²) in [5.74, 6) is -1.01. The maximum atomic E-state index is 12.4. The molecule has 120 valence electrons. The highest BCUT2D eigenvalue weighted by atomic mass is 32.2. The van der Waals surface area contributed by atoms with Gasteiger partial charge in [0.1, 0.15) is 5.75 Å². The van der Waals surface area contributed by atoms with Crippen molar-refractivity contribution in [3.8, 4) is 5.75 Å². The number of benzene rings is 1. The number of pyridine rings is 1. The molecule has 24 heavy (non-hydrogen) atoms. The number of nitrogens with zero attached hydrogens (tertiary/aromatic N) is 2. The second-order valence-corrected chi connectivity index (χ2v) is 6.44. The molecule has 1 aliphatic heterocycles. The van der Waals surface area contributed by atoms with E-state index in [2.05, 4.69) is 10.4 Å². The minimum absolute atomic E-state index is 0.0388. The Labute approximate surface area is 147 Å². The van der Waals surface area contributed by atoms with Gasteiger partial charge < -0.3 is 5.11 Å². The molecule has 2 amide bonds. The summed E-state index contributed by atoms with van der Waals surface area (Å²) in [7, 11) is 0. The fourth-order valence-electron chi connectivity index (χ4n) is 1.97. The number of thioether (sulfide) groups is 1. The number of aromatic hydroxyl groups is 1. The van der Waals surface area contributed by atoms with Crippen LogP contribution in [0.1, 0.15) is 16.1 Å². The molecule has 1 aliphatic rings. The van der Waals surface area contributed by atoms with Gasteiger partial charge in [-0.3, -0.25) is 20.0 Å². The summed E-state index contributed by atoms with van der Waals surface area (Å²) < 4.78 is 0.218. The zero-order chi connectivity index (χ0) is 17.1. The molecule has 0 aliphatic carbocycles. The van der Waals surface area contributed by atoms with E-state index in [1.54, 1.807) is 24.4 Å². The van der Waals surface area contributed by atoms with Crippen LogP contribution in [0, 0.1) is 0 Å². The first kappa shape index (κ1) is 16.2. The lowest BCUT2D eigenvalue weighted by molar-refractivity contribution is -0.123. The van der Waals surface area contributed by atoms with Crippen molar-refractivity contribution in [1.29, 1.82) is 0 Å². The fraction of sp³-hybridized carbons (Fsp3) is 0. The minimum atomic E-state index is -0.540.